The standard InChI is InChI=1S/C8H9NO3S.C4H11N/c1-13(11,12)7-5-3-2-4-6(7)8(9)10;1-3-5-4-2/h2-5H,1H3,(H2,9,10);5H,3-4H2,1-2H3. The van der Waals surface area contributed by atoms with Crippen molar-refractivity contribution in [2.75, 3.05) is 19.3 Å². The molecule has 6 heteroatoms. The molecule has 0 heterocycles. The second-order valence-corrected chi connectivity index (χ2v) is 5.57. The number of rotatable bonds is 4. The average molecular weight is 272 g/mol. The number of hydrogen-bond acceptors (Lipinski definition) is 4. The zero-order valence-corrected chi connectivity index (χ0v) is 11.8. The van der Waals surface area contributed by atoms with Crippen molar-refractivity contribution in [1.29, 1.82) is 0 Å². The molecule has 1 rings (SSSR count). The van der Waals surface area contributed by atoms with Crippen molar-refractivity contribution in [3.8, 4) is 0 Å². The first kappa shape index (κ1) is 16.6. The van der Waals surface area contributed by atoms with E-state index in [0.29, 0.717) is 0 Å². The third kappa shape index (κ3) is 5.79. The summed E-state index contributed by atoms with van der Waals surface area (Å²) in [5.41, 5.74) is 5.04. The molecule has 0 bridgehead atoms. The van der Waals surface area contributed by atoms with Crippen molar-refractivity contribution in [2.45, 2.75) is 18.7 Å². The van der Waals surface area contributed by atoms with Crippen molar-refractivity contribution in [2.24, 2.45) is 5.73 Å². The minimum Gasteiger partial charge on any atom is -0.366 e. The van der Waals surface area contributed by atoms with E-state index < -0.39 is 15.7 Å². The number of primary amides is 1. The van der Waals surface area contributed by atoms with Gasteiger partial charge in [-0.05, 0) is 25.2 Å². The summed E-state index contributed by atoms with van der Waals surface area (Å²) in [6.45, 7) is 6.39. The highest BCUT2D eigenvalue weighted by atomic mass is 32.2. The van der Waals surface area contributed by atoms with Gasteiger partial charge in [-0.25, -0.2) is 8.42 Å². The lowest BCUT2D eigenvalue weighted by atomic mass is 10.2. The Morgan fingerprint density at radius 1 is 1.22 bits per heavy atom. The molecular formula is C12H20N2O3S. The molecule has 0 aromatic heterocycles. The van der Waals surface area contributed by atoms with Gasteiger partial charge in [0, 0.05) is 6.26 Å². The molecule has 0 spiro atoms. The van der Waals surface area contributed by atoms with E-state index in [1.807, 2.05) is 0 Å². The lowest BCUT2D eigenvalue weighted by Crippen LogP contribution is -2.15. The van der Waals surface area contributed by atoms with E-state index in [-0.39, 0.29) is 10.5 Å². The van der Waals surface area contributed by atoms with Crippen molar-refractivity contribution >= 4 is 15.7 Å². The summed E-state index contributed by atoms with van der Waals surface area (Å²) in [4.78, 5) is 10.8. The number of nitrogens with two attached hydrogens (primary N) is 1. The molecule has 0 aliphatic rings. The van der Waals surface area contributed by atoms with E-state index in [2.05, 4.69) is 19.2 Å². The van der Waals surface area contributed by atoms with Gasteiger partial charge < -0.3 is 11.1 Å². The fourth-order valence-electron chi connectivity index (χ4n) is 1.24. The molecule has 102 valence electrons. The first-order chi connectivity index (χ1) is 8.34. The van der Waals surface area contributed by atoms with Crippen LogP contribution in [0.1, 0.15) is 24.2 Å². The van der Waals surface area contributed by atoms with Crippen LogP contribution in [0, 0.1) is 0 Å². The van der Waals surface area contributed by atoms with Gasteiger partial charge in [-0.1, -0.05) is 26.0 Å². The summed E-state index contributed by atoms with van der Waals surface area (Å²) < 4.78 is 22.3. The molecule has 0 aliphatic carbocycles. The number of carbonyl (C=O) groups excluding carboxylic acids is 1. The Morgan fingerprint density at radius 2 is 1.72 bits per heavy atom. The van der Waals surface area contributed by atoms with Crippen LogP contribution in [-0.2, 0) is 9.84 Å². The van der Waals surface area contributed by atoms with E-state index >= 15 is 0 Å². The van der Waals surface area contributed by atoms with Gasteiger partial charge in [0.2, 0.25) is 5.91 Å². The van der Waals surface area contributed by atoms with E-state index in [0.717, 1.165) is 19.3 Å². The summed E-state index contributed by atoms with van der Waals surface area (Å²) in [5.74, 6) is -0.735. The van der Waals surface area contributed by atoms with Gasteiger partial charge >= 0.3 is 0 Å². The van der Waals surface area contributed by atoms with Crippen LogP contribution in [-0.4, -0.2) is 33.7 Å². The molecule has 0 fully saturated rings. The molecule has 0 atom stereocenters. The highest BCUT2D eigenvalue weighted by molar-refractivity contribution is 7.90. The zero-order chi connectivity index (χ0) is 14.2. The van der Waals surface area contributed by atoms with Crippen LogP contribution in [0.5, 0.6) is 0 Å². The largest absolute Gasteiger partial charge is 0.366 e. The molecule has 1 aromatic rings. The average Bonchev–Trinajstić information content (AvgIpc) is 2.30. The molecule has 3 N–H and O–H groups in total. The van der Waals surface area contributed by atoms with Crippen LogP contribution < -0.4 is 11.1 Å². The van der Waals surface area contributed by atoms with Gasteiger partial charge in [0.25, 0.3) is 0 Å². The van der Waals surface area contributed by atoms with Crippen LogP contribution in [0.4, 0.5) is 0 Å². The molecule has 1 amide bonds. The van der Waals surface area contributed by atoms with Crippen molar-refractivity contribution in [3.05, 3.63) is 29.8 Å². The summed E-state index contributed by atoms with van der Waals surface area (Å²) in [6, 6.07) is 5.85. The Labute approximate surface area is 108 Å². The maximum atomic E-state index is 11.2. The Kier molecular flexibility index (Phi) is 7.23. The normalized spacial score (nSPS) is 10.4. The second-order valence-electron chi connectivity index (χ2n) is 3.59. The van der Waals surface area contributed by atoms with Crippen LogP contribution in [0.25, 0.3) is 0 Å². The van der Waals surface area contributed by atoms with Crippen LogP contribution in [0.2, 0.25) is 0 Å². The van der Waals surface area contributed by atoms with E-state index in [9.17, 15) is 13.2 Å². The van der Waals surface area contributed by atoms with Crippen LogP contribution in [0.3, 0.4) is 0 Å². The molecule has 0 radical (unpaired) electrons. The molecular weight excluding hydrogens is 252 g/mol. The monoisotopic (exact) mass is 272 g/mol. The Hall–Kier alpha value is -1.40. The van der Waals surface area contributed by atoms with Crippen molar-refractivity contribution < 1.29 is 13.2 Å². The Bertz CT molecular complexity index is 482. The van der Waals surface area contributed by atoms with Crippen molar-refractivity contribution in [1.82, 2.24) is 5.32 Å². The third-order valence-electron chi connectivity index (χ3n) is 2.05. The maximum Gasteiger partial charge on any atom is 0.250 e. The Balaban J connectivity index is 0.000000494. The summed E-state index contributed by atoms with van der Waals surface area (Å²) in [5, 5.41) is 3.11. The minimum atomic E-state index is -3.38. The van der Waals surface area contributed by atoms with Gasteiger partial charge in [-0.3, -0.25) is 4.79 Å². The van der Waals surface area contributed by atoms with Gasteiger partial charge in [-0.15, -0.1) is 0 Å². The quantitative estimate of drug-likeness (QED) is 0.848. The molecule has 18 heavy (non-hydrogen) atoms. The second kappa shape index (κ2) is 7.84. The van der Waals surface area contributed by atoms with E-state index in [1.165, 1.54) is 12.1 Å². The van der Waals surface area contributed by atoms with Gasteiger partial charge in [0.15, 0.2) is 9.84 Å². The fraction of sp³-hybridized carbons (Fsp3) is 0.417. The number of carbonyl (C=O) groups is 1. The van der Waals surface area contributed by atoms with Gasteiger partial charge in [-0.2, -0.15) is 0 Å². The molecule has 5 nitrogen and oxygen atoms in total. The highest BCUT2D eigenvalue weighted by Gasteiger charge is 2.15. The van der Waals surface area contributed by atoms with Crippen LogP contribution in [0.15, 0.2) is 29.2 Å². The fourth-order valence-corrected chi connectivity index (χ4v) is 2.14. The number of benzene rings is 1. The topological polar surface area (TPSA) is 89.3 Å². The van der Waals surface area contributed by atoms with Gasteiger partial charge in [0.1, 0.15) is 0 Å². The summed E-state index contributed by atoms with van der Waals surface area (Å²) >= 11 is 0. The third-order valence-corrected chi connectivity index (χ3v) is 3.21. The van der Waals surface area contributed by atoms with E-state index in [1.54, 1.807) is 12.1 Å². The molecule has 0 saturated heterocycles. The lowest BCUT2D eigenvalue weighted by molar-refractivity contribution is 0.0997. The number of hydrogen-bond donors (Lipinski definition) is 2. The molecule has 0 unspecified atom stereocenters. The predicted octanol–water partition coefficient (Wildman–Crippen LogP) is 0.805. The maximum absolute atomic E-state index is 11.2. The summed E-state index contributed by atoms with van der Waals surface area (Å²) in [7, 11) is -3.38. The number of nitrogens with one attached hydrogen (secondary N) is 1. The molecule has 1 aromatic carbocycles. The minimum absolute atomic E-state index is 0.0255. The lowest BCUT2D eigenvalue weighted by Gasteiger charge is -2.02. The first-order valence-corrected chi connectivity index (χ1v) is 7.53. The molecule has 0 saturated carbocycles. The highest BCUT2D eigenvalue weighted by Crippen LogP contribution is 2.13. The Morgan fingerprint density at radius 3 is 2.00 bits per heavy atom. The van der Waals surface area contributed by atoms with Gasteiger partial charge in [0.05, 0.1) is 10.5 Å². The zero-order valence-electron chi connectivity index (χ0n) is 10.9. The molecule has 0 aliphatic heterocycles. The number of amides is 1. The van der Waals surface area contributed by atoms with Crippen LogP contribution >= 0.6 is 0 Å². The number of sulfone groups is 1. The van der Waals surface area contributed by atoms with Crippen molar-refractivity contribution in [3.63, 3.8) is 0 Å². The SMILES string of the molecule is CCNCC.CS(=O)(=O)c1ccccc1C(N)=O. The predicted molar refractivity (Wildman–Crippen MR) is 72.3 cm³/mol. The summed E-state index contributed by atoms with van der Waals surface area (Å²) in [6.07, 6.45) is 1.04. The first-order valence-electron chi connectivity index (χ1n) is 5.64. The smallest absolute Gasteiger partial charge is 0.250 e. The van der Waals surface area contributed by atoms with E-state index in [4.69, 9.17) is 5.73 Å².